The molecule has 1 aliphatic rings. The first-order valence-electron chi connectivity index (χ1n) is 14.2. The molecule has 7 rings (SSSR count). The molecule has 5 N–H and O–H groups in total. The second-order valence-corrected chi connectivity index (χ2v) is 10.8. The van der Waals surface area contributed by atoms with E-state index in [9.17, 15) is 9.90 Å². The van der Waals surface area contributed by atoms with Crippen molar-refractivity contribution in [2.24, 2.45) is 0 Å². The van der Waals surface area contributed by atoms with Crippen LogP contribution in [0.2, 0.25) is 0 Å². The van der Waals surface area contributed by atoms with E-state index in [1.807, 2.05) is 97.1 Å². The normalized spacial score (nSPS) is 12.6. The monoisotopic (exact) mass is 576 g/mol. The van der Waals surface area contributed by atoms with Gasteiger partial charge in [-0.2, -0.15) is 0 Å². The van der Waals surface area contributed by atoms with Crippen molar-refractivity contribution >= 4 is 17.3 Å². The first kappa shape index (κ1) is 26.9. The van der Waals surface area contributed by atoms with Gasteiger partial charge in [0.1, 0.15) is 23.0 Å². The van der Waals surface area contributed by atoms with Crippen molar-refractivity contribution < 1.29 is 19.4 Å². The summed E-state index contributed by atoms with van der Waals surface area (Å²) < 4.78 is 12.6. The molecule has 0 aliphatic heterocycles. The van der Waals surface area contributed by atoms with E-state index in [0.717, 1.165) is 33.4 Å². The number of carboxylic acids is 1. The summed E-state index contributed by atoms with van der Waals surface area (Å²) in [5.74, 6) is 1.58. The van der Waals surface area contributed by atoms with Gasteiger partial charge in [-0.15, -0.1) is 0 Å². The van der Waals surface area contributed by atoms with Crippen LogP contribution >= 0.6 is 0 Å². The average molecular weight is 577 g/mol. The van der Waals surface area contributed by atoms with Crippen LogP contribution in [0.3, 0.4) is 0 Å². The van der Waals surface area contributed by atoms with E-state index in [1.165, 1.54) is 0 Å². The lowest BCUT2D eigenvalue weighted by molar-refractivity contribution is 0.0697. The SMILES string of the molecule is Nc1cccc(Oc2cccc(C3(c4cccc(Oc5cccc(N)c5)c4)c4ccccc4-c4cc(C(=O)O)ccc43)c2)c1. The van der Waals surface area contributed by atoms with Gasteiger partial charge in [0, 0.05) is 23.5 Å². The highest BCUT2D eigenvalue weighted by molar-refractivity contribution is 5.93. The Morgan fingerprint density at radius 1 is 0.523 bits per heavy atom. The van der Waals surface area contributed by atoms with Crippen molar-refractivity contribution in [2.75, 3.05) is 11.5 Å². The summed E-state index contributed by atoms with van der Waals surface area (Å²) in [6.07, 6.45) is 0. The Bertz CT molecular complexity index is 1960. The van der Waals surface area contributed by atoms with Gasteiger partial charge in [0.05, 0.1) is 11.0 Å². The highest BCUT2D eigenvalue weighted by Crippen LogP contribution is 2.57. The number of carboxylic acid groups (broad SMARTS) is 1. The second kappa shape index (κ2) is 10.7. The van der Waals surface area contributed by atoms with Crippen molar-refractivity contribution in [1.29, 1.82) is 0 Å². The number of benzene rings is 6. The van der Waals surface area contributed by atoms with Crippen molar-refractivity contribution in [3.8, 4) is 34.1 Å². The summed E-state index contributed by atoms with van der Waals surface area (Å²) >= 11 is 0. The maximum atomic E-state index is 12.0. The van der Waals surface area contributed by atoms with Crippen LogP contribution in [0.5, 0.6) is 23.0 Å². The van der Waals surface area contributed by atoms with Crippen LogP contribution in [0.4, 0.5) is 11.4 Å². The average Bonchev–Trinajstić information content (AvgIpc) is 3.32. The van der Waals surface area contributed by atoms with Gasteiger partial charge in [-0.05, 0) is 94.0 Å². The lowest BCUT2D eigenvalue weighted by atomic mass is 9.67. The number of rotatable bonds is 7. The molecule has 0 saturated carbocycles. The minimum Gasteiger partial charge on any atom is -0.478 e. The number of carbonyl (C=O) groups is 1. The van der Waals surface area contributed by atoms with Crippen LogP contribution in [-0.4, -0.2) is 11.1 Å². The second-order valence-electron chi connectivity index (χ2n) is 10.8. The predicted molar refractivity (Wildman–Crippen MR) is 173 cm³/mol. The molecule has 214 valence electrons. The zero-order valence-corrected chi connectivity index (χ0v) is 23.6. The number of nitrogen functional groups attached to an aromatic ring is 2. The van der Waals surface area contributed by atoms with Gasteiger partial charge in [0.25, 0.3) is 0 Å². The summed E-state index contributed by atoms with van der Waals surface area (Å²) in [4.78, 5) is 12.0. The molecule has 0 heterocycles. The molecule has 0 saturated heterocycles. The lowest BCUT2D eigenvalue weighted by Crippen LogP contribution is -2.28. The summed E-state index contributed by atoms with van der Waals surface area (Å²) in [6, 6.07) is 44.1. The van der Waals surface area contributed by atoms with Crippen LogP contribution < -0.4 is 20.9 Å². The van der Waals surface area contributed by atoms with E-state index < -0.39 is 11.4 Å². The van der Waals surface area contributed by atoms with Crippen molar-refractivity contribution in [3.63, 3.8) is 0 Å². The molecule has 0 unspecified atom stereocenters. The summed E-state index contributed by atoms with van der Waals surface area (Å²) in [5, 5.41) is 9.87. The Morgan fingerprint density at radius 2 is 1.02 bits per heavy atom. The van der Waals surface area contributed by atoms with Crippen LogP contribution in [0.1, 0.15) is 32.6 Å². The van der Waals surface area contributed by atoms with Crippen LogP contribution in [-0.2, 0) is 5.41 Å². The minimum absolute atomic E-state index is 0.229. The van der Waals surface area contributed by atoms with Crippen LogP contribution in [0.25, 0.3) is 11.1 Å². The number of ether oxygens (including phenoxy) is 2. The fourth-order valence-electron chi connectivity index (χ4n) is 6.22. The van der Waals surface area contributed by atoms with Gasteiger partial charge >= 0.3 is 5.97 Å². The third-order valence-corrected chi connectivity index (χ3v) is 8.01. The third-order valence-electron chi connectivity index (χ3n) is 8.01. The zero-order valence-electron chi connectivity index (χ0n) is 23.6. The molecule has 0 bridgehead atoms. The first-order valence-corrected chi connectivity index (χ1v) is 14.2. The highest BCUT2D eigenvalue weighted by atomic mass is 16.5. The number of aromatic carboxylic acids is 1. The molecule has 6 heteroatoms. The Morgan fingerprint density at radius 3 is 1.57 bits per heavy atom. The van der Waals surface area contributed by atoms with E-state index >= 15 is 0 Å². The van der Waals surface area contributed by atoms with Gasteiger partial charge in [-0.3, -0.25) is 0 Å². The summed E-state index contributed by atoms with van der Waals surface area (Å²) in [7, 11) is 0. The minimum atomic E-state index is -0.974. The largest absolute Gasteiger partial charge is 0.478 e. The highest BCUT2D eigenvalue weighted by Gasteiger charge is 2.46. The predicted octanol–water partition coefficient (Wildman–Crippen LogP) is 8.50. The Labute approximate surface area is 254 Å². The van der Waals surface area contributed by atoms with E-state index in [4.69, 9.17) is 20.9 Å². The number of hydrogen-bond donors (Lipinski definition) is 3. The molecular weight excluding hydrogens is 548 g/mol. The van der Waals surface area contributed by atoms with E-state index in [-0.39, 0.29) is 5.56 Å². The summed E-state index contributed by atoms with van der Waals surface area (Å²) in [6.45, 7) is 0. The third kappa shape index (κ3) is 4.59. The maximum absolute atomic E-state index is 12.0. The number of fused-ring (bicyclic) bond motifs is 3. The van der Waals surface area contributed by atoms with Crippen molar-refractivity contribution in [1.82, 2.24) is 0 Å². The molecule has 6 nitrogen and oxygen atoms in total. The van der Waals surface area contributed by atoms with E-state index in [2.05, 4.69) is 18.2 Å². The van der Waals surface area contributed by atoms with E-state index in [1.54, 1.807) is 24.3 Å². The molecule has 44 heavy (non-hydrogen) atoms. The topological polar surface area (TPSA) is 108 Å². The zero-order chi connectivity index (χ0) is 30.3. The smallest absolute Gasteiger partial charge is 0.335 e. The molecule has 0 fully saturated rings. The molecule has 1 aliphatic carbocycles. The van der Waals surface area contributed by atoms with Gasteiger partial charge in [-0.25, -0.2) is 4.79 Å². The molecule has 6 aromatic carbocycles. The molecule has 0 atom stereocenters. The van der Waals surface area contributed by atoms with Crippen LogP contribution in [0.15, 0.2) is 140 Å². The van der Waals surface area contributed by atoms with Crippen molar-refractivity contribution in [2.45, 2.75) is 5.41 Å². The molecule has 0 spiro atoms. The van der Waals surface area contributed by atoms with Gasteiger partial charge in [0.15, 0.2) is 0 Å². The van der Waals surface area contributed by atoms with Gasteiger partial charge in [-0.1, -0.05) is 66.7 Å². The number of nitrogens with two attached hydrogens (primary N) is 2. The van der Waals surface area contributed by atoms with Crippen LogP contribution in [0, 0.1) is 0 Å². The Kier molecular flexibility index (Phi) is 6.52. The molecule has 0 radical (unpaired) electrons. The fraction of sp³-hybridized carbons (Fsp3) is 0.0263. The summed E-state index contributed by atoms with van der Waals surface area (Å²) in [5.41, 5.74) is 18.4. The maximum Gasteiger partial charge on any atom is 0.335 e. The van der Waals surface area contributed by atoms with E-state index in [0.29, 0.717) is 34.4 Å². The quantitative estimate of drug-likeness (QED) is 0.164. The Hall–Kier alpha value is -6.01. The standard InChI is InChI=1S/C38H28N2O4/c39-27-9-5-13-31(22-27)43-29-11-3-7-25(20-29)38(26-8-4-12-30(21-26)44-32-14-6-10-28(40)23-32)35-16-2-1-15-33(35)34-19-24(37(41)42)17-18-36(34)38/h1-23H,39-40H2,(H,41,42). The number of anilines is 2. The molecule has 6 aromatic rings. The lowest BCUT2D eigenvalue weighted by Gasteiger charge is -2.34. The first-order chi connectivity index (χ1) is 21.4. The Balaban J connectivity index is 1.46. The molecule has 0 amide bonds. The molecular formula is C38H28N2O4. The molecule has 0 aromatic heterocycles. The van der Waals surface area contributed by atoms with Crippen molar-refractivity contribution in [3.05, 3.63) is 167 Å². The number of hydrogen-bond acceptors (Lipinski definition) is 5. The fourth-order valence-corrected chi connectivity index (χ4v) is 6.22. The van der Waals surface area contributed by atoms with Gasteiger partial charge in [0.2, 0.25) is 0 Å². The van der Waals surface area contributed by atoms with Gasteiger partial charge < -0.3 is 26.0 Å².